The third kappa shape index (κ3) is 3.48. The number of anilines is 1. The van der Waals surface area contributed by atoms with Crippen LogP contribution in [0, 0.1) is 11.6 Å². The van der Waals surface area contributed by atoms with Gasteiger partial charge in [0.15, 0.2) is 0 Å². The fourth-order valence-electron chi connectivity index (χ4n) is 4.91. The molecular formula is C25H21F2N3OS2. The fraction of sp³-hybridized carbons (Fsp3) is 0.240. The van der Waals surface area contributed by atoms with Gasteiger partial charge in [-0.2, -0.15) is 0 Å². The number of carbonyl (C=O) groups excluding carboxylic acids is 1. The van der Waals surface area contributed by atoms with Gasteiger partial charge in [-0.3, -0.25) is 0 Å². The zero-order chi connectivity index (χ0) is 22.5. The van der Waals surface area contributed by atoms with Crippen LogP contribution < -0.4 is 5.32 Å². The number of nitrogens with zero attached hydrogens (tertiary/aromatic N) is 2. The number of rotatable bonds is 2. The number of benzene rings is 1. The fourth-order valence-corrected chi connectivity index (χ4v) is 7.17. The standard InChI is InChI=1S/C25H21F2N3OS2/c26-15-9-10-18(27)19(13-15)28-25(31)30-14-17-16-5-1-2-7-21(16)33-24(17)29-11-3-6-20(29)23(30)22-8-4-12-32-22/h3-4,6,8-13,23H,1-2,5,7,14H2,(H,28,31). The Bertz CT molecular complexity index is 1340. The highest BCUT2D eigenvalue weighted by Crippen LogP contribution is 2.44. The van der Waals surface area contributed by atoms with E-state index in [4.69, 9.17) is 0 Å². The molecule has 6 rings (SSSR count). The van der Waals surface area contributed by atoms with Crippen molar-refractivity contribution < 1.29 is 13.6 Å². The number of fused-ring (bicyclic) bond motifs is 5. The summed E-state index contributed by atoms with van der Waals surface area (Å²) in [5.74, 6) is -1.26. The van der Waals surface area contributed by atoms with Gasteiger partial charge in [0.05, 0.1) is 17.9 Å². The van der Waals surface area contributed by atoms with E-state index in [1.54, 1.807) is 16.2 Å². The zero-order valence-electron chi connectivity index (χ0n) is 17.7. The number of hydrogen-bond donors (Lipinski definition) is 1. The minimum atomic E-state index is -0.663. The van der Waals surface area contributed by atoms with E-state index in [1.165, 1.54) is 22.4 Å². The maximum absolute atomic E-state index is 14.4. The summed E-state index contributed by atoms with van der Waals surface area (Å²) in [6.45, 7) is 0.411. The van der Waals surface area contributed by atoms with Gasteiger partial charge in [0, 0.05) is 27.6 Å². The second-order valence-corrected chi connectivity index (χ2v) is 10.5. The number of aromatic nitrogens is 1. The van der Waals surface area contributed by atoms with Crippen LogP contribution in [0.3, 0.4) is 0 Å². The topological polar surface area (TPSA) is 37.3 Å². The van der Waals surface area contributed by atoms with Gasteiger partial charge in [-0.25, -0.2) is 13.6 Å². The Balaban J connectivity index is 1.49. The van der Waals surface area contributed by atoms with E-state index < -0.39 is 17.7 Å². The zero-order valence-corrected chi connectivity index (χ0v) is 19.3. The number of urea groups is 1. The van der Waals surface area contributed by atoms with Crippen molar-refractivity contribution in [1.29, 1.82) is 0 Å². The average molecular weight is 482 g/mol. The summed E-state index contributed by atoms with van der Waals surface area (Å²) in [6, 6.07) is 10.3. The molecule has 1 aromatic carbocycles. The van der Waals surface area contributed by atoms with Crippen LogP contribution in [0.15, 0.2) is 54.0 Å². The maximum atomic E-state index is 14.4. The smallest absolute Gasteiger partial charge is 0.310 e. The molecule has 0 spiro atoms. The van der Waals surface area contributed by atoms with Crippen molar-refractivity contribution in [2.24, 2.45) is 0 Å². The summed E-state index contributed by atoms with van der Waals surface area (Å²) in [6.07, 6.45) is 6.47. The molecule has 1 unspecified atom stereocenters. The molecule has 2 aliphatic rings. The van der Waals surface area contributed by atoms with Crippen LogP contribution in [0.4, 0.5) is 19.3 Å². The van der Waals surface area contributed by atoms with Crippen LogP contribution >= 0.6 is 22.7 Å². The van der Waals surface area contributed by atoms with E-state index in [0.717, 1.165) is 53.0 Å². The number of amides is 2. The molecular weight excluding hydrogens is 460 g/mol. The van der Waals surface area contributed by atoms with Gasteiger partial charge in [0.1, 0.15) is 22.7 Å². The lowest BCUT2D eigenvalue weighted by Crippen LogP contribution is -2.38. The number of nitrogens with one attached hydrogen (secondary N) is 1. The predicted molar refractivity (Wildman–Crippen MR) is 127 cm³/mol. The van der Waals surface area contributed by atoms with E-state index in [-0.39, 0.29) is 11.7 Å². The quantitative estimate of drug-likeness (QED) is 0.332. The summed E-state index contributed by atoms with van der Waals surface area (Å²) in [5.41, 5.74) is 3.35. The number of hydrogen-bond acceptors (Lipinski definition) is 3. The Labute approximate surface area is 198 Å². The van der Waals surface area contributed by atoms with Crippen molar-refractivity contribution in [2.75, 3.05) is 5.32 Å². The molecule has 0 saturated carbocycles. The highest BCUT2D eigenvalue weighted by Gasteiger charge is 2.36. The maximum Gasteiger partial charge on any atom is 0.323 e. The van der Waals surface area contributed by atoms with Crippen LogP contribution in [0.5, 0.6) is 0 Å². The summed E-state index contributed by atoms with van der Waals surface area (Å²) in [5, 5.41) is 5.79. The van der Waals surface area contributed by atoms with Crippen molar-refractivity contribution in [1.82, 2.24) is 9.47 Å². The van der Waals surface area contributed by atoms with Crippen LogP contribution in [0.2, 0.25) is 0 Å². The second kappa shape index (κ2) is 8.11. The Kier molecular flexibility index (Phi) is 5.07. The van der Waals surface area contributed by atoms with E-state index in [0.29, 0.717) is 6.54 Å². The van der Waals surface area contributed by atoms with E-state index in [9.17, 15) is 13.6 Å². The van der Waals surface area contributed by atoms with Gasteiger partial charge in [-0.05, 0) is 67.0 Å². The Morgan fingerprint density at radius 1 is 1.06 bits per heavy atom. The van der Waals surface area contributed by atoms with E-state index in [1.807, 2.05) is 41.0 Å². The molecule has 0 saturated heterocycles. The van der Waals surface area contributed by atoms with Gasteiger partial charge in [0.25, 0.3) is 0 Å². The van der Waals surface area contributed by atoms with Crippen LogP contribution in [-0.2, 0) is 19.4 Å². The number of aryl methyl sites for hydroxylation is 1. The molecule has 8 heteroatoms. The molecule has 3 aromatic heterocycles. The Morgan fingerprint density at radius 3 is 2.79 bits per heavy atom. The summed E-state index contributed by atoms with van der Waals surface area (Å²) >= 11 is 3.40. The highest BCUT2D eigenvalue weighted by atomic mass is 32.1. The Hall–Kier alpha value is -2.97. The van der Waals surface area contributed by atoms with Crippen molar-refractivity contribution in [3.8, 4) is 5.00 Å². The van der Waals surface area contributed by atoms with Gasteiger partial charge >= 0.3 is 6.03 Å². The number of carbonyl (C=O) groups is 1. The van der Waals surface area contributed by atoms with Gasteiger partial charge in [-0.1, -0.05) is 6.07 Å². The first-order valence-electron chi connectivity index (χ1n) is 11.0. The van der Waals surface area contributed by atoms with Crippen molar-refractivity contribution in [2.45, 2.75) is 38.3 Å². The molecule has 1 aliphatic carbocycles. The Morgan fingerprint density at radius 2 is 1.94 bits per heavy atom. The molecule has 1 N–H and O–H groups in total. The van der Waals surface area contributed by atoms with E-state index >= 15 is 0 Å². The van der Waals surface area contributed by atoms with Crippen LogP contribution in [0.25, 0.3) is 5.00 Å². The van der Waals surface area contributed by atoms with Gasteiger partial charge in [0.2, 0.25) is 0 Å². The molecule has 0 bridgehead atoms. The molecule has 168 valence electrons. The summed E-state index contributed by atoms with van der Waals surface area (Å²) in [7, 11) is 0. The summed E-state index contributed by atoms with van der Waals surface area (Å²) < 4.78 is 30.3. The largest absolute Gasteiger partial charge is 0.323 e. The molecule has 4 aromatic rings. The lowest BCUT2D eigenvalue weighted by Gasteiger charge is -2.30. The van der Waals surface area contributed by atoms with Crippen LogP contribution in [-0.4, -0.2) is 15.5 Å². The predicted octanol–water partition coefficient (Wildman–Crippen LogP) is 6.89. The molecule has 4 nitrogen and oxygen atoms in total. The number of halogens is 2. The molecule has 1 aliphatic heterocycles. The first kappa shape index (κ1) is 20.6. The van der Waals surface area contributed by atoms with Crippen molar-refractivity contribution in [3.05, 3.63) is 92.3 Å². The minimum Gasteiger partial charge on any atom is -0.310 e. The molecule has 1 atom stereocenters. The average Bonchev–Trinajstić information content (AvgIpc) is 3.55. The first-order chi connectivity index (χ1) is 16.1. The molecule has 2 amide bonds. The van der Waals surface area contributed by atoms with Crippen LogP contribution in [0.1, 0.15) is 45.5 Å². The summed E-state index contributed by atoms with van der Waals surface area (Å²) in [4.78, 5) is 17.8. The van der Waals surface area contributed by atoms with Gasteiger partial charge in [-0.15, -0.1) is 22.7 Å². The first-order valence-corrected chi connectivity index (χ1v) is 12.7. The van der Waals surface area contributed by atoms with Gasteiger partial charge < -0.3 is 14.8 Å². The monoisotopic (exact) mass is 481 g/mol. The van der Waals surface area contributed by atoms with Crippen molar-refractivity contribution in [3.63, 3.8) is 0 Å². The molecule has 0 fully saturated rings. The van der Waals surface area contributed by atoms with E-state index in [2.05, 4.69) is 16.1 Å². The molecule has 4 heterocycles. The van der Waals surface area contributed by atoms with Crippen molar-refractivity contribution >= 4 is 34.4 Å². The lowest BCUT2D eigenvalue weighted by molar-refractivity contribution is 0.195. The molecule has 0 radical (unpaired) electrons. The SMILES string of the molecule is O=C(Nc1cc(F)ccc1F)N1Cc2c(sc3c2CCCC3)-n2cccc2C1c1cccs1. The highest BCUT2D eigenvalue weighted by molar-refractivity contribution is 7.15. The second-order valence-electron chi connectivity index (χ2n) is 8.40. The minimum absolute atomic E-state index is 0.155. The third-order valence-corrected chi connectivity index (χ3v) is 8.68. The number of thiophene rings is 2. The lowest BCUT2D eigenvalue weighted by atomic mass is 9.95. The normalized spacial score (nSPS) is 17.2. The third-order valence-electron chi connectivity index (χ3n) is 6.42. The molecule has 33 heavy (non-hydrogen) atoms.